The Morgan fingerprint density at radius 3 is 2.90 bits per heavy atom. The third kappa shape index (κ3) is 3.16. The van der Waals surface area contributed by atoms with E-state index in [1.165, 1.54) is 11.3 Å². The topological polar surface area (TPSA) is 81.4 Å². The summed E-state index contributed by atoms with van der Waals surface area (Å²) in [5.41, 5.74) is 0.749. The van der Waals surface area contributed by atoms with Crippen LogP contribution in [-0.4, -0.2) is 32.8 Å². The Morgan fingerprint density at radius 2 is 2.19 bits per heavy atom. The molecule has 21 heavy (non-hydrogen) atoms. The van der Waals surface area contributed by atoms with Gasteiger partial charge in [0.15, 0.2) is 0 Å². The molecule has 0 radical (unpaired) electrons. The van der Waals surface area contributed by atoms with Crippen molar-refractivity contribution in [1.29, 1.82) is 0 Å². The van der Waals surface area contributed by atoms with E-state index in [0.29, 0.717) is 12.8 Å². The zero-order chi connectivity index (χ0) is 14.7. The normalized spacial score (nSPS) is 10.7. The van der Waals surface area contributed by atoms with E-state index < -0.39 is 0 Å². The lowest BCUT2D eigenvalue weighted by Crippen LogP contribution is -2.12. The van der Waals surface area contributed by atoms with Crippen molar-refractivity contribution < 1.29 is 9.53 Å². The largest absolute Gasteiger partial charge is 0.497 e. The first-order chi connectivity index (χ1) is 10.2. The molecular weight excluding hydrogens is 290 g/mol. The molecule has 3 aromatic rings. The summed E-state index contributed by atoms with van der Waals surface area (Å²) in [6.07, 6.45) is 2.50. The Morgan fingerprint density at radius 1 is 1.38 bits per heavy atom. The van der Waals surface area contributed by atoms with Crippen LogP contribution in [0.4, 0.5) is 5.69 Å². The summed E-state index contributed by atoms with van der Waals surface area (Å²) in [7, 11) is 1.61. The van der Waals surface area contributed by atoms with Gasteiger partial charge in [0.1, 0.15) is 17.1 Å². The minimum Gasteiger partial charge on any atom is -0.497 e. The van der Waals surface area contributed by atoms with E-state index in [-0.39, 0.29) is 5.91 Å². The highest BCUT2D eigenvalue weighted by atomic mass is 32.1. The maximum atomic E-state index is 11.9. The molecule has 7 nitrogen and oxygen atoms in total. The summed E-state index contributed by atoms with van der Waals surface area (Å²) in [4.78, 5) is 12.6. The molecule has 1 N–H and O–H groups in total. The zero-order valence-corrected chi connectivity index (χ0v) is 12.1. The second-order valence-corrected chi connectivity index (χ2v) is 5.37. The van der Waals surface area contributed by atoms with E-state index in [1.807, 2.05) is 0 Å². The predicted octanol–water partition coefficient (Wildman–Crippen LogP) is 1.77. The summed E-state index contributed by atoms with van der Waals surface area (Å²) in [5.74, 6) is 0.707. The number of hydrogen-bond donors (Lipinski definition) is 1. The van der Waals surface area contributed by atoms with E-state index in [1.54, 1.807) is 42.2 Å². The number of anilines is 1. The molecular formula is C13H13N5O2S. The van der Waals surface area contributed by atoms with Gasteiger partial charge in [-0.3, -0.25) is 4.79 Å². The van der Waals surface area contributed by atoms with Crippen LogP contribution in [0.3, 0.4) is 0 Å². The molecule has 0 unspecified atom stereocenters. The molecule has 0 bridgehead atoms. The van der Waals surface area contributed by atoms with Crippen LogP contribution in [0.25, 0.3) is 4.96 Å². The molecule has 0 spiro atoms. The molecule has 0 aliphatic rings. The molecule has 2 aromatic heterocycles. The first-order valence-corrected chi connectivity index (χ1v) is 7.16. The van der Waals surface area contributed by atoms with Gasteiger partial charge in [-0.1, -0.05) is 11.3 Å². The first-order valence-electron chi connectivity index (χ1n) is 6.34. The van der Waals surface area contributed by atoms with Crippen LogP contribution >= 0.6 is 11.3 Å². The first kappa shape index (κ1) is 13.5. The van der Waals surface area contributed by atoms with Crippen molar-refractivity contribution >= 4 is 27.9 Å². The van der Waals surface area contributed by atoms with Crippen molar-refractivity contribution in [3.8, 4) is 5.75 Å². The van der Waals surface area contributed by atoms with Gasteiger partial charge in [-0.05, 0) is 24.3 Å². The number of aromatic nitrogens is 4. The molecule has 0 aliphatic carbocycles. The molecule has 0 saturated carbocycles. The van der Waals surface area contributed by atoms with Crippen LogP contribution in [0.2, 0.25) is 0 Å². The number of hydrogen-bond acceptors (Lipinski definition) is 6. The average molecular weight is 303 g/mol. The minimum atomic E-state index is -0.0499. The Labute approximate surface area is 124 Å². The molecule has 108 valence electrons. The van der Waals surface area contributed by atoms with Crippen molar-refractivity contribution in [3.63, 3.8) is 0 Å². The molecule has 0 saturated heterocycles. The molecule has 0 atom stereocenters. The van der Waals surface area contributed by atoms with Gasteiger partial charge in [0.25, 0.3) is 0 Å². The van der Waals surface area contributed by atoms with Crippen LogP contribution in [0.1, 0.15) is 11.4 Å². The lowest BCUT2D eigenvalue weighted by atomic mass is 10.2. The predicted molar refractivity (Wildman–Crippen MR) is 78.6 cm³/mol. The average Bonchev–Trinajstić information content (AvgIpc) is 3.07. The van der Waals surface area contributed by atoms with Crippen LogP contribution in [0, 0.1) is 0 Å². The summed E-state index contributed by atoms with van der Waals surface area (Å²) >= 11 is 1.44. The highest BCUT2D eigenvalue weighted by Crippen LogP contribution is 2.16. The maximum Gasteiger partial charge on any atom is 0.234 e. The van der Waals surface area contributed by atoms with Crippen LogP contribution < -0.4 is 10.1 Å². The number of fused-ring (bicyclic) bond motifs is 1. The van der Waals surface area contributed by atoms with E-state index in [2.05, 4.69) is 20.6 Å². The molecule has 2 heterocycles. The van der Waals surface area contributed by atoms with Crippen molar-refractivity contribution in [1.82, 2.24) is 19.8 Å². The Kier molecular flexibility index (Phi) is 3.78. The van der Waals surface area contributed by atoms with Gasteiger partial charge in [0.05, 0.1) is 7.11 Å². The number of aryl methyl sites for hydroxylation is 1. The second kappa shape index (κ2) is 5.88. The van der Waals surface area contributed by atoms with Crippen molar-refractivity contribution in [2.75, 3.05) is 12.4 Å². The molecule has 1 amide bonds. The summed E-state index contributed by atoms with van der Waals surface area (Å²) in [5, 5.41) is 15.6. The van der Waals surface area contributed by atoms with Crippen molar-refractivity contribution in [3.05, 3.63) is 35.6 Å². The third-order valence-corrected chi connectivity index (χ3v) is 3.84. The van der Waals surface area contributed by atoms with Gasteiger partial charge in [0, 0.05) is 18.5 Å². The molecule has 0 fully saturated rings. The summed E-state index contributed by atoms with van der Waals surface area (Å²) in [6, 6.07) is 7.22. The van der Waals surface area contributed by atoms with Gasteiger partial charge in [0.2, 0.25) is 10.9 Å². The minimum absolute atomic E-state index is 0.0499. The fourth-order valence-corrected chi connectivity index (χ4v) is 2.63. The number of nitrogens with zero attached hydrogens (tertiary/aromatic N) is 4. The highest BCUT2D eigenvalue weighted by molar-refractivity contribution is 7.16. The molecule has 3 rings (SSSR count). The smallest absolute Gasteiger partial charge is 0.234 e. The van der Waals surface area contributed by atoms with Crippen LogP contribution in [-0.2, 0) is 11.2 Å². The fourth-order valence-electron chi connectivity index (χ4n) is 1.82. The maximum absolute atomic E-state index is 11.9. The van der Waals surface area contributed by atoms with Crippen molar-refractivity contribution in [2.24, 2.45) is 0 Å². The lowest BCUT2D eigenvalue weighted by Gasteiger charge is -2.05. The SMILES string of the molecule is COc1ccc(NC(=O)CCc2nn3cnnc3s2)cc1. The number of ether oxygens (including phenoxy) is 1. The van der Waals surface area contributed by atoms with E-state index >= 15 is 0 Å². The number of nitrogens with one attached hydrogen (secondary N) is 1. The van der Waals surface area contributed by atoms with Gasteiger partial charge >= 0.3 is 0 Å². The van der Waals surface area contributed by atoms with E-state index in [4.69, 9.17) is 4.74 Å². The Balaban J connectivity index is 1.54. The highest BCUT2D eigenvalue weighted by Gasteiger charge is 2.08. The quantitative estimate of drug-likeness (QED) is 0.777. The van der Waals surface area contributed by atoms with Crippen LogP contribution in [0.5, 0.6) is 5.75 Å². The summed E-state index contributed by atoms with van der Waals surface area (Å²) < 4.78 is 6.68. The standard InChI is InChI=1S/C13H13N5O2S/c1-20-10-4-2-9(3-5-10)15-11(19)6-7-12-17-18-8-14-16-13(18)21-12/h2-5,8H,6-7H2,1H3,(H,15,19). The lowest BCUT2D eigenvalue weighted by molar-refractivity contribution is -0.116. The van der Waals surface area contributed by atoms with Crippen LogP contribution in [0.15, 0.2) is 30.6 Å². The number of rotatable bonds is 5. The van der Waals surface area contributed by atoms with Crippen molar-refractivity contribution in [2.45, 2.75) is 12.8 Å². The Hall–Kier alpha value is -2.48. The number of carbonyl (C=O) groups excluding carboxylic acids is 1. The number of carbonyl (C=O) groups is 1. The summed E-state index contributed by atoms with van der Waals surface area (Å²) in [6.45, 7) is 0. The molecule has 8 heteroatoms. The fraction of sp³-hybridized carbons (Fsp3) is 0.231. The number of amides is 1. The van der Waals surface area contributed by atoms with Gasteiger partial charge in [-0.2, -0.15) is 9.61 Å². The number of benzene rings is 1. The Bertz CT molecular complexity index is 721. The zero-order valence-electron chi connectivity index (χ0n) is 11.3. The monoisotopic (exact) mass is 303 g/mol. The van der Waals surface area contributed by atoms with Gasteiger partial charge < -0.3 is 10.1 Å². The third-order valence-electron chi connectivity index (χ3n) is 2.87. The number of methoxy groups -OCH3 is 1. The van der Waals surface area contributed by atoms with E-state index in [0.717, 1.165) is 21.4 Å². The van der Waals surface area contributed by atoms with E-state index in [9.17, 15) is 4.79 Å². The second-order valence-electron chi connectivity index (χ2n) is 4.33. The molecule has 1 aromatic carbocycles. The van der Waals surface area contributed by atoms with Gasteiger partial charge in [-0.15, -0.1) is 10.2 Å². The molecule has 0 aliphatic heterocycles. The van der Waals surface area contributed by atoms with Gasteiger partial charge in [-0.25, -0.2) is 0 Å².